The molecule has 1 heterocycles. The zero-order valence-electron chi connectivity index (χ0n) is 5.70. The van der Waals surface area contributed by atoms with Crippen molar-refractivity contribution in [1.82, 2.24) is 5.32 Å². The standard InChI is InChI=1S/C5H5F5N2/c6-3(7)4(5(8,9)10)1-11-2-12-4/h2-3H,1H2,(H,11,12). The van der Waals surface area contributed by atoms with Crippen molar-refractivity contribution in [2.45, 2.75) is 18.1 Å². The van der Waals surface area contributed by atoms with E-state index >= 15 is 0 Å². The lowest BCUT2D eigenvalue weighted by Gasteiger charge is -2.29. The molecule has 1 unspecified atom stereocenters. The van der Waals surface area contributed by atoms with Crippen molar-refractivity contribution in [1.29, 1.82) is 0 Å². The molecule has 0 spiro atoms. The van der Waals surface area contributed by atoms with E-state index in [4.69, 9.17) is 0 Å². The molecular weight excluding hydrogens is 183 g/mol. The molecule has 0 aliphatic carbocycles. The van der Waals surface area contributed by atoms with Crippen LogP contribution in [0.3, 0.4) is 0 Å². The molecule has 0 aromatic carbocycles. The quantitative estimate of drug-likeness (QED) is 0.614. The number of alkyl halides is 5. The number of halogens is 5. The summed E-state index contributed by atoms with van der Waals surface area (Å²) in [6, 6.07) is 0. The minimum atomic E-state index is -4.99. The van der Waals surface area contributed by atoms with Gasteiger partial charge in [-0.15, -0.1) is 0 Å². The molecule has 1 aliphatic rings. The molecule has 2 nitrogen and oxygen atoms in total. The third kappa shape index (κ3) is 1.12. The molecule has 7 heteroatoms. The maximum Gasteiger partial charge on any atom is 0.418 e. The molecule has 1 aliphatic heterocycles. The van der Waals surface area contributed by atoms with E-state index in [0.29, 0.717) is 6.34 Å². The molecule has 0 amide bonds. The highest BCUT2D eigenvalue weighted by molar-refractivity contribution is 5.59. The van der Waals surface area contributed by atoms with Crippen molar-refractivity contribution in [2.75, 3.05) is 6.54 Å². The minimum absolute atomic E-state index is 0.652. The maximum absolute atomic E-state index is 12.0. The molecule has 0 saturated heterocycles. The van der Waals surface area contributed by atoms with Gasteiger partial charge in [0.1, 0.15) is 0 Å². The molecular formula is C5H5F5N2. The molecule has 1 atom stereocenters. The van der Waals surface area contributed by atoms with Gasteiger partial charge in [0.05, 0.1) is 12.9 Å². The first-order chi connectivity index (χ1) is 5.40. The predicted molar refractivity (Wildman–Crippen MR) is 31.3 cm³/mol. The summed E-state index contributed by atoms with van der Waals surface area (Å²) in [4.78, 5) is 3.09. The van der Waals surface area contributed by atoms with Gasteiger partial charge in [-0.05, 0) is 0 Å². The van der Waals surface area contributed by atoms with E-state index < -0.39 is 24.7 Å². The average molecular weight is 188 g/mol. The van der Waals surface area contributed by atoms with E-state index in [9.17, 15) is 22.0 Å². The van der Waals surface area contributed by atoms with E-state index in [1.165, 1.54) is 0 Å². The van der Waals surface area contributed by atoms with Crippen molar-refractivity contribution in [3.05, 3.63) is 0 Å². The summed E-state index contributed by atoms with van der Waals surface area (Å²) >= 11 is 0. The largest absolute Gasteiger partial charge is 0.418 e. The van der Waals surface area contributed by atoms with Crippen LogP contribution in [0.1, 0.15) is 0 Å². The first-order valence-electron chi connectivity index (χ1n) is 3.01. The number of hydrogen-bond acceptors (Lipinski definition) is 2. The summed E-state index contributed by atoms with van der Waals surface area (Å²) in [5.41, 5.74) is -3.17. The number of nitrogens with zero attached hydrogens (tertiary/aromatic N) is 1. The minimum Gasteiger partial charge on any atom is -0.357 e. The Bertz CT molecular complexity index is 189. The summed E-state index contributed by atoms with van der Waals surface area (Å²) in [7, 11) is 0. The molecule has 70 valence electrons. The zero-order chi connectivity index (χ0) is 9.41. The Morgan fingerprint density at radius 3 is 2.17 bits per heavy atom. The lowest BCUT2D eigenvalue weighted by Crippen LogP contribution is -2.61. The Morgan fingerprint density at radius 1 is 1.42 bits per heavy atom. The second kappa shape index (κ2) is 2.56. The van der Waals surface area contributed by atoms with Gasteiger partial charge in [-0.3, -0.25) is 4.99 Å². The van der Waals surface area contributed by atoms with Gasteiger partial charge in [0.15, 0.2) is 0 Å². The van der Waals surface area contributed by atoms with Gasteiger partial charge >= 0.3 is 6.18 Å². The van der Waals surface area contributed by atoms with E-state index in [-0.39, 0.29) is 0 Å². The molecule has 12 heavy (non-hydrogen) atoms. The van der Waals surface area contributed by atoms with Gasteiger partial charge in [0.2, 0.25) is 5.54 Å². The highest BCUT2D eigenvalue weighted by Gasteiger charge is 2.62. The highest BCUT2D eigenvalue weighted by atomic mass is 19.4. The summed E-state index contributed by atoms with van der Waals surface area (Å²) in [6.07, 6.45) is -7.85. The van der Waals surface area contributed by atoms with Gasteiger partial charge < -0.3 is 5.32 Å². The Balaban J connectivity index is 2.89. The second-order valence-electron chi connectivity index (χ2n) is 2.38. The number of nitrogens with one attached hydrogen (secondary N) is 1. The summed E-state index contributed by atoms with van der Waals surface area (Å²) in [5, 5.41) is 1.54. The van der Waals surface area contributed by atoms with Crippen LogP contribution in [0.4, 0.5) is 22.0 Å². The van der Waals surface area contributed by atoms with E-state index in [2.05, 4.69) is 4.99 Å². The Kier molecular flexibility index (Phi) is 1.97. The Hall–Kier alpha value is -0.880. The molecule has 0 radical (unpaired) electrons. The molecule has 1 rings (SSSR count). The van der Waals surface area contributed by atoms with Crippen molar-refractivity contribution in [3.63, 3.8) is 0 Å². The van der Waals surface area contributed by atoms with Crippen molar-refractivity contribution in [3.8, 4) is 0 Å². The van der Waals surface area contributed by atoms with Crippen LogP contribution in [0.15, 0.2) is 4.99 Å². The van der Waals surface area contributed by atoms with E-state index in [0.717, 1.165) is 0 Å². The van der Waals surface area contributed by atoms with Crippen molar-refractivity contribution < 1.29 is 22.0 Å². The number of rotatable bonds is 1. The van der Waals surface area contributed by atoms with Gasteiger partial charge in [-0.1, -0.05) is 0 Å². The summed E-state index contributed by atoms with van der Waals surface area (Å²) in [6.45, 7) is -0.964. The van der Waals surface area contributed by atoms with Crippen LogP contribution in [-0.2, 0) is 0 Å². The van der Waals surface area contributed by atoms with Crippen LogP contribution < -0.4 is 5.32 Å². The fourth-order valence-electron chi connectivity index (χ4n) is 0.823. The molecule has 0 aromatic rings. The molecule has 0 bridgehead atoms. The number of hydrogen-bond donors (Lipinski definition) is 1. The monoisotopic (exact) mass is 188 g/mol. The molecule has 0 saturated carbocycles. The smallest absolute Gasteiger partial charge is 0.357 e. The fraction of sp³-hybridized carbons (Fsp3) is 0.800. The fourth-order valence-corrected chi connectivity index (χ4v) is 0.823. The normalized spacial score (nSPS) is 29.5. The maximum atomic E-state index is 12.0. The first kappa shape index (κ1) is 9.21. The van der Waals surface area contributed by atoms with Gasteiger partial charge in [0.25, 0.3) is 6.43 Å². The zero-order valence-corrected chi connectivity index (χ0v) is 5.70. The lowest BCUT2D eigenvalue weighted by atomic mass is 10.0. The Morgan fingerprint density at radius 2 is 2.00 bits per heavy atom. The second-order valence-corrected chi connectivity index (χ2v) is 2.38. The van der Waals surface area contributed by atoms with E-state index in [1.54, 1.807) is 5.32 Å². The van der Waals surface area contributed by atoms with Crippen LogP contribution >= 0.6 is 0 Å². The third-order valence-corrected chi connectivity index (χ3v) is 1.63. The molecule has 1 N–H and O–H groups in total. The topological polar surface area (TPSA) is 24.4 Å². The third-order valence-electron chi connectivity index (χ3n) is 1.63. The van der Waals surface area contributed by atoms with Gasteiger partial charge in [-0.25, -0.2) is 8.78 Å². The molecule has 0 aromatic heterocycles. The first-order valence-corrected chi connectivity index (χ1v) is 3.01. The van der Waals surface area contributed by atoms with Gasteiger partial charge in [-0.2, -0.15) is 13.2 Å². The van der Waals surface area contributed by atoms with Crippen molar-refractivity contribution >= 4 is 6.34 Å². The van der Waals surface area contributed by atoms with Gasteiger partial charge in [0, 0.05) is 0 Å². The van der Waals surface area contributed by atoms with Crippen LogP contribution in [-0.4, -0.2) is 31.0 Å². The predicted octanol–water partition coefficient (Wildman–Crippen LogP) is 1.18. The Labute approximate surface area is 64.5 Å². The van der Waals surface area contributed by atoms with Crippen LogP contribution in [0.2, 0.25) is 0 Å². The van der Waals surface area contributed by atoms with Crippen LogP contribution in [0.25, 0.3) is 0 Å². The van der Waals surface area contributed by atoms with E-state index in [1.807, 2.05) is 0 Å². The molecule has 0 fully saturated rings. The number of aliphatic imine (C=N–C) groups is 1. The van der Waals surface area contributed by atoms with Crippen LogP contribution in [0, 0.1) is 0 Å². The average Bonchev–Trinajstić information content (AvgIpc) is 2.31. The summed E-state index contributed by atoms with van der Waals surface area (Å²) < 4.78 is 60.2. The highest BCUT2D eigenvalue weighted by Crippen LogP contribution is 2.36. The SMILES string of the molecule is FC(F)C1(C(F)(F)F)CN=CN1. The summed E-state index contributed by atoms with van der Waals surface area (Å²) in [5.74, 6) is 0. The lowest BCUT2D eigenvalue weighted by molar-refractivity contribution is -0.219. The van der Waals surface area contributed by atoms with Crippen LogP contribution in [0.5, 0.6) is 0 Å². The van der Waals surface area contributed by atoms with Crippen molar-refractivity contribution in [2.24, 2.45) is 4.99 Å².